The number of aliphatic hydroxyl groups is 2. The molecular weight excluding hydrogens is 164 g/mol. The van der Waals surface area contributed by atoms with Gasteiger partial charge in [0.25, 0.3) is 0 Å². The number of fused-ring (bicyclic) bond motifs is 1. The second kappa shape index (κ2) is 3.48. The van der Waals surface area contributed by atoms with E-state index in [0.717, 1.165) is 18.4 Å². The van der Waals surface area contributed by atoms with Crippen LogP contribution >= 0.6 is 0 Å². The van der Waals surface area contributed by atoms with E-state index >= 15 is 0 Å². The van der Waals surface area contributed by atoms with Crippen LogP contribution in [0.5, 0.6) is 0 Å². The Morgan fingerprint density at radius 2 is 1.92 bits per heavy atom. The predicted molar refractivity (Wildman–Crippen MR) is 50.3 cm³/mol. The van der Waals surface area contributed by atoms with Crippen molar-refractivity contribution in [2.24, 2.45) is 5.92 Å². The molecule has 0 spiro atoms. The number of aliphatic hydroxyl groups excluding tert-OH is 2. The van der Waals surface area contributed by atoms with Gasteiger partial charge in [-0.1, -0.05) is 18.2 Å². The topological polar surface area (TPSA) is 40.5 Å². The highest BCUT2D eigenvalue weighted by Crippen LogP contribution is 2.27. The van der Waals surface area contributed by atoms with Crippen molar-refractivity contribution in [2.45, 2.75) is 19.4 Å². The lowest BCUT2D eigenvalue weighted by molar-refractivity contribution is 0.232. The molecule has 0 saturated carbocycles. The molecule has 1 aliphatic rings. The minimum atomic E-state index is 0.108. The standard InChI is InChI=1S/C11H14O2/c12-6-8-1-2-10-4-9(7-13)5-11(10)3-8/h1-3,9,12-13H,4-7H2. The lowest BCUT2D eigenvalue weighted by Gasteiger charge is -2.00. The zero-order chi connectivity index (χ0) is 9.26. The maximum Gasteiger partial charge on any atom is 0.0681 e. The average Bonchev–Trinajstić information content (AvgIpc) is 2.58. The van der Waals surface area contributed by atoms with Crippen LogP contribution < -0.4 is 0 Å². The van der Waals surface area contributed by atoms with Gasteiger partial charge in [0, 0.05) is 6.61 Å². The summed E-state index contributed by atoms with van der Waals surface area (Å²) in [6, 6.07) is 6.07. The molecule has 2 nitrogen and oxygen atoms in total. The van der Waals surface area contributed by atoms with E-state index in [2.05, 4.69) is 6.07 Å². The number of hydrogen-bond donors (Lipinski definition) is 2. The highest BCUT2D eigenvalue weighted by Gasteiger charge is 2.20. The summed E-state index contributed by atoms with van der Waals surface area (Å²) in [4.78, 5) is 0. The molecule has 0 amide bonds. The third kappa shape index (κ3) is 1.60. The molecule has 1 aromatic rings. The highest BCUT2D eigenvalue weighted by atomic mass is 16.3. The molecule has 2 N–H and O–H groups in total. The van der Waals surface area contributed by atoms with E-state index in [9.17, 15) is 0 Å². The maximum absolute atomic E-state index is 9.02. The quantitative estimate of drug-likeness (QED) is 0.706. The van der Waals surface area contributed by atoms with Crippen molar-refractivity contribution in [1.29, 1.82) is 0 Å². The van der Waals surface area contributed by atoms with Crippen molar-refractivity contribution >= 4 is 0 Å². The smallest absolute Gasteiger partial charge is 0.0681 e. The van der Waals surface area contributed by atoms with Gasteiger partial charge in [0.2, 0.25) is 0 Å². The van der Waals surface area contributed by atoms with Crippen molar-refractivity contribution in [1.82, 2.24) is 0 Å². The molecule has 0 heterocycles. The Hall–Kier alpha value is -0.860. The molecule has 1 unspecified atom stereocenters. The fourth-order valence-corrected chi connectivity index (χ4v) is 1.99. The first kappa shape index (κ1) is 8.73. The van der Waals surface area contributed by atoms with Gasteiger partial charge in [0.15, 0.2) is 0 Å². The summed E-state index contributed by atoms with van der Waals surface area (Å²) in [5.41, 5.74) is 3.60. The van der Waals surface area contributed by atoms with E-state index in [1.165, 1.54) is 11.1 Å². The van der Waals surface area contributed by atoms with Crippen LogP contribution in [0.2, 0.25) is 0 Å². The van der Waals surface area contributed by atoms with E-state index in [0.29, 0.717) is 5.92 Å². The Bertz CT molecular complexity index is 307. The first-order chi connectivity index (χ1) is 6.33. The Kier molecular flexibility index (Phi) is 2.34. The van der Waals surface area contributed by atoms with Crippen LogP contribution in [0.25, 0.3) is 0 Å². The van der Waals surface area contributed by atoms with E-state index in [4.69, 9.17) is 10.2 Å². The van der Waals surface area contributed by atoms with Gasteiger partial charge in [-0.05, 0) is 35.4 Å². The number of rotatable bonds is 2. The van der Waals surface area contributed by atoms with Gasteiger partial charge in [-0.3, -0.25) is 0 Å². The minimum absolute atomic E-state index is 0.108. The lowest BCUT2D eigenvalue weighted by Crippen LogP contribution is -2.04. The monoisotopic (exact) mass is 178 g/mol. The van der Waals surface area contributed by atoms with Crippen molar-refractivity contribution in [3.05, 3.63) is 34.9 Å². The van der Waals surface area contributed by atoms with E-state index in [1.54, 1.807) is 0 Å². The van der Waals surface area contributed by atoms with Crippen LogP contribution in [0.15, 0.2) is 18.2 Å². The normalized spacial score (nSPS) is 20.3. The molecule has 2 heteroatoms. The zero-order valence-electron chi connectivity index (χ0n) is 7.53. The van der Waals surface area contributed by atoms with Crippen molar-refractivity contribution in [2.75, 3.05) is 6.61 Å². The summed E-state index contributed by atoms with van der Waals surface area (Å²) < 4.78 is 0. The van der Waals surface area contributed by atoms with Crippen molar-refractivity contribution in [3.63, 3.8) is 0 Å². The minimum Gasteiger partial charge on any atom is -0.396 e. The molecular formula is C11H14O2. The molecule has 0 saturated heterocycles. The Balaban J connectivity index is 2.25. The molecule has 0 fully saturated rings. The summed E-state index contributed by atoms with van der Waals surface area (Å²) in [6.45, 7) is 0.375. The molecule has 70 valence electrons. The molecule has 13 heavy (non-hydrogen) atoms. The summed E-state index contributed by atoms with van der Waals surface area (Å²) in [7, 11) is 0. The molecule has 1 aromatic carbocycles. The molecule has 0 aromatic heterocycles. The fourth-order valence-electron chi connectivity index (χ4n) is 1.99. The van der Waals surface area contributed by atoms with Crippen LogP contribution in [0.3, 0.4) is 0 Å². The van der Waals surface area contributed by atoms with Crippen LogP contribution in [-0.4, -0.2) is 16.8 Å². The molecule has 2 rings (SSSR count). The third-order valence-corrected chi connectivity index (χ3v) is 2.73. The fraction of sp³-hybridized carbons (Fsp3) is 0.455. The summed E-state index contributed by atoms with van der Waals surface area (Å²) in [5.74, 6) is 0.393. The zero-order valence-corrected chi connectivity index (χ0v) is 7.53. The van der Waals surface area contributed by atoms with Crippen molar-refractivity contribution < 1.29 is 10.2 Å². The van der Waals surface area contributed by atoms with Crippen LogP contribution in [0, 0.1) is 5.92 Å². The Morgan fingerprint density at radius 3 is 2.62 bits per heavy atom. The molecule has 0 bridgehead atoms. The molecule has 1 aliphatic carbocycles. The second-order valence-electron chi connectivity index (χ2n) is 3.72. The maximum atomic E-state index is 9.02. The van der Waals surface area contributed by atoms with E-state index < -0.39 is 0 Å². The second-order valence-corrected chi connectivity index (χ2v) is 3.72. The van der Waals surface area contributed by atoms with Crippen LogP contribution in [0.4, 0.5) is 0 Å². The predicted octanol–water partition coefficient (Wildman–Crippen LogP) is 0.886. The lowest BCUT2D eigenvalue weighted by atomic mass is 10.1. The summed E-state index contributed by atoms with van der Waals surface area (Å²) >= 11 is 0. The Morgan fingerprint density at radius 1 is 1.15 bits per heavy atom. The van der Waals surface area contributed by atoms with Gasteiger partial charge in [0.1, 0.15) is 0 Å². The first-order valence-electron chi connectivity index (χ1n) is 4.66. The van der Waals surface area contributed by atoms with Gasteiger partial charge < -0.3 is 10.2 Å². The van der Waals surface area contributed by atoms with E-state index in [1.807, 2.05) is 12.1 Å². The average molecular weight is 178 g/mol. The first-order valence-corrected chi connectivity index (χ1v) is 4.66. The van der Waals surface area contributed by atoms with Gasteiger partial charge in [-0.2, -0.15) is 0 Å². The number of hydrogen-bond acceptors (Lipinski definition) is 2. The van der Waals surface area contributed by atoms with Crippen LogP contribution in [-0.2, 0) is 19.4 Å². The number of benzene rings is 1. The summed E-state index contributed by atoms with van der Waals surface area (Å²) in [6.07, 6.45) is 1.94. The Labute approximate surface area is 77.8 Å². The molecule has 1 atom stereocenters. The molecule has 0 radical (unpaired) electrons. The van der Waals surface area contributed by atoms with Crippen LogP contribution in [0.1, 0.15) is 16.7 Å². The van der Waals surface area contributed by atoms with Crippen molar-refractivity contribution in [3.8, 4) is 0 Å². The molecule has 0 aliphatic heterocycles. The van der Waals surface area contributed by atoms with Gasteiger partial charge in [-0.25, -0.2) is 0 Å². The third-order valence-electron chi connectivity index (χ3n) is 2.73. The summed E-state index contributed by atoms with van der Waals surface area (Å²) in [5, 5.41) is 18.0. The van der Waals surface area contributed by atoms with Gasteiger partial charge in [0.05, 0.1) is 6.61 Å². The highest BCUT2D eigenvalue weighted by molar-refractivity contribution is 5.35. The van der Waals surface area contributed by atoms with E-state index in [-0.39, 0.29) is 13.2 Å². The largest absolute Gasteiger partial charge is 0.396 e. The van der Waals surface area contributed by atoms with Gasteiger partial charge in [-0.15, -0.1) is 0 Å². The SMILES string of the molecule is OCc1ccc2c(c1)CC(CO)C2. The van der Waals surface area contributed by atoms with Gasteiger partial charge >= 0.3 is 0 Å².